The first-order valence-electron chi connectivity index (χ1n) is 7.68. The molecule has 0 bridgehead atoms. The molecule has 1 heterocycles. The Morgan fingerprint density at radius 2 is 1.81 bits per heavy atom. The van der Waals surface area contributed by atoms with E-state index >= 15 is 0 Å². The minimum absolute atomic E-state index is 0.965. The van der Waals surface area contributed by atoms with E-state index in [1.165, 1.54) is 17.0 Å². The zero-order valence-electron chi connectivity index (χ0n) is 13.8. The lowest BCUT2D eigenvalue weighted by atomic mass is 10.1. The van der Waals surface area contributed by atoms with Gasteiger partial charge in [0.05, 0.1) is 5.69 Å². The van der Waals surface area contributed by atoms with Crippen molar-refractivity contribution < 1.29 is 0 Å². The third kappa shape index (κ3) is 3.36. The van der Waals surface area contributed by atoms with Gasteiger partial charge in [-0.1, -0.05) is 57.4 Å². The first-order valence-corrected chi connectivity index (χ1v) is 7.68. The number of hydrogen-bond donors (Lipinski definition) is 0. The van der Waals surface area contributed by atoms with Crippen LogP contribution in [0.1, 0.15) is 56.6 Å². The fraction of sp³-hybridized carbons (Fsp3) is 0.300. The third-order valence-electron chi connectivity index (χ3n) is 3.53. The van der Waals surface area contributed by atoms with Gasteiger partial charge in [-0.05, 0) is 38.8 Å². The van der Waals surface area contributed by atoms with Crippen LogP contribution in [0, 0.1) is 0 Å². The summed E-state index contributed by atoms with van der Waals surface area (Å²) in [5.74, 6) is 0. The number of hydrogen-bond acceptors (Lipinski definition) is 0. The van der Waals surface area contributed by atoms with Gasteiger partial charge >= 0.3 is 0 Å². The van der Waals surface area contributed by atoms with E-state index in [-0.39, 0.29) is 0 Å². The SMILES string of the molecule is C=Cc1c(/C=C\CC)c(CC)n(C(/C=C\C)=C/C)c1C=C. The molecule has 0 N–H and O–H groups in total. The predicted molar refractivity (Wildman–Crippen MR) is 98.1 cm³/mol. The van der Waals surface area contributed by atoms with Crippen molar-refractivity contribution in [1.29, 1.82) is 0 Å². The molecule has 0 fully saturated rings. The molecule has 0 saturated carbocycles. The van der Waals surface area contributed by atoms with Crippen LogP contribution >= 0.6 is 0 Å². The van der Waals surface area contributed by atoms with Crippen LogP contribution in [0.4, 0.5) is 0 Å². The fourth-order valence-electron chi connectivity index (χ4n) is 2.63. The van der Waals surface area contributed by atoms with E-state index < -0.39 is 0 Å². The number of nitrogens with zero attached hydrogens (tertiary/aromatic N) is 1. The van der Waals surface area contributed by atoms with E-state index in [0.717, 1.165) is 24.1 Å². The smallest absolute Gasteiger partial charge is 0.0531 e. The lowest BCUT2D eigenvalue weighted by molar-refractivity contribution is 0.948. The average molecular weight is 281 g/mol. The second-order valence-electron chi connectivity index (χ2n) is 4.78. The minimum atomic E-state index is 0.965. The summed E-state index contributed by atoms with van der Waals surface area (Å²) in [5.41, 5.74) is 6.01. The van der Waals surface area contributed by atoms with E-state index in [1.807, 2.05) is 19.1 Å². The molecule has 0 amide bonds. The summed E-state index contributed by atoms with van der Waals surface area (Å²) >= 11 is 0. The maximum Gasteiger partial charge on any atom is 0.0531 e. The molecule has 0 saturated heterocycles. The first kappa shape index (κ1) is 17.0. The maximum atomic E-state index is 4.00. The standard InChI is InChI=1S/C20H27N/c1-7-13-15-18-17(10-4)19(11-5)21(20(18)12-6)16(9-3)14-8-2/h8-11,13-15H,4-5,7,12H2,1-3,6H3/b14-8-,15-13-,16-9+. The molecule has 1 rings (SSSR count). The highest BCUT2D eigenvalue weighted by molar-refractivity contribution is 5.79. The summed E-state index contributed by atoms with van der Waals surface area (Å²) in [6.45, 7) is 16.4. The first-order chi connectivity index (χ1) is 10.2. The zero-order valence-corrected chi connectivity index (χ0v) is 13.8. The Morgan fingerprint density at radius 1 is 1.10 bits per heavy atom. The van der Waals surface area contributed by atoms with Crippen molar-refractivity contribution in [2.45, 2.75) is 40.5 Å². The van der Waals surface area contributed by atoms with Crippen molar-refractivity contribution in [3.8, 4) is 0 Å². The van der Waals surface area contributed by atoms with Crippen molar-refractivity contribution >= 4 is 23.9 Å². The van der Waals surface area contributed by atoms with Crippen LogP contribution in [-0.2, 0) is 6.42 Å². The topological polar surface area (TPSA) is 4.93 Å². The van der Waals surface area contributed by atoms with E-state index in [2.05, 4.69) is 68.9 Å². The van der Waals surface area contributed by atoms with E-state index in [0.29, 0.717) is 0 Å². The van der Waals surface area contributed by atoms with Gasteiger partial charge in [-0.3, -0.25) is 0 Å². The van der Waals surface area contributed by atoms with Crippen molar-refractivity contribution in [2.24, 2.45) is 0 Å². The van der Waals surface area contributed by atoms with Crippen molar-refractivity contribution in [3.05, 3.63) is 60.0 Å². The van der Waals surface area contributed by atoms with Crippen molar-refractivity contribution in [3.63, 3.8) is 0 Å². The zero-order chi connectivity index (χ0) is 15.8. The molecule has 1 nitrogen and oxygen atoms in total. The van der Waals surface area contributed by atoms with E-state index in [4.69, 9.17) is 0 Å². The molecule has 0 unspecified atom stereocenters. The van der Waals surface area contributed by atoms with Gasteiger partial charge in [0.15, 0.2) is 0 Å². The van der Waals surface area contributed by atoms with Crippen LogP contribution in [0.3, 0.4) is 0 Å². The number of rotatable bonds is 7. The van der Waals surface area contributed by atoms with Gasteiger partial charge in [-0.25, -0.2) is 0 Å². The highest BCUT2D eigenvalue weighted by Gasteiger charge is 2.17. The number of aromatic nitrogens is 1. The van der Waals surface area contributed by atoms with Gasteiger partial charge in [0.25, 0.3) is 0 Å². The largest absolute Gasteiger partial charge is 0.313 e. The molecule has 0 aromatic carbocycles. The summed E-state index contributed by atoms with van der Waals surface area (Å²) in [7, 11) is 0. The Kier molecular flexibility index (Phi) is 6.74. The summed E-state index contributed by atoms with van der Waals surface area (Å²) in [4.78, 5) is 0. The monoisotopic (exact) mass is 281 g/mol. The molecule has 0 aliphatic rings. The Morgan fingerprint density at radius 3 is 2.24 bits per heavy atom. The van der Waals surface area contributed by atoms with E-state index in [1.54, 1.807) is 0 Å². The number of allylic oxidation sites excluding steroid dienone is 5. The molecule has 1 aromatic rings. The Labute approximate surface area is 129 Å². The van der Waals surface area contributed by atoms with Gasteiger partial charge in [-0.2, -0.15) is 0 Å². The molecule has 0 atom stereocenters. The van der Waals surface area contributed by atoms with Crippen molar-refractivity contribution in [1.82, 2.24) is 4.57 Å². The molecular formula is C20H27N. The minimum Gasteiger partial charge on any atom is -0.313 e. The molecule has 0 radical (unpaired) electrons. The highest BCUT2D eigenvalue weighted by atomic mass is 15.0. The molecular weight excluding hydrogens is 254 g/mol. The van der Waals surface area contributed by atoms with Gasteiger partial charge < -0.3 is 4.57 Å². The van der Waals surface area contributed by atoms with Crippen LogP contribution in [0.15, 0.2) is 37.5 Å². The van der Waals surface area contributed by atoms with Gasteiger partial charge in [0.2, 0.25) is 0 Å². The fourth-order valence-corrected chi connectivity index (χ4v) is 2.63. The normalized spacial score (nSPS) is 12.5. The van der Waals surface area contributed by atoms with E-state index in [9.17, 15) is 0 Å². The molecule has 0 spiro atoms. The molecule has 1 heteroatoms. The van der Waals surface area contributed by atoms with Crippen molar-refractivity contribution in [2.75, 3.05) is 0 Å². The Balaban J connectivity index is 3.77. The molecule has 1 aromatic heterocycles. The predicted octanol–water partition coefficient (Wildman–Crippen LogP) is 6.20. The summed E-state index contributed by atoms with van der Waals surface area (Å²) < 4.78 is 2.29. The quantitative estimate of drug-likeness (QED) is 0.525. The second kappa shape index (κ2) is 8.31. The Bertz CT molecular complexity index is 592. The molecule has 112 valence electrons. The Hall–Kier alpha value is -2.02. The summed E-state index contributed by atoms with van der Waals surface area (Å²) in [6.07, 6.45) is 16.6. The van der Waals surface area contributed by atoms with Crippen LogP contribution in [0.25, 0.3) is 23.9 Å². The van der Waals surface area contributed by atoms with Gasteiger partial charge in [-0.15, -0.1) is 0 Å². The molecule has 0 aliphatic carbocycles. The lowest BCUT2D eigenvalue weighted by Crippen LogP contribution is -2.02. The molecule has 21 heavy (non-hydrogen) atoms. The summed E-state index contributed by atoms with van der Waals surface area (Å²) in [6, 6.07) is 0. The van der Waals surface area contributed by atoms with Crippen LogP contribution < -0.4 is 0 Å². The molecule has 0 aliphatic heterocycles. The third-order valence-corrected chi connectivity index (χ3v) is 3.53. The van der Waals surface area contributed by atoms with Crippen LogP contribution in [0.5, 0.6) is 0 Å². The van der Waals surface area contributed by atoms with Gasteiger partial charge in [0, 0.05) is 22.5 Å². The average Bonchev–Trinajstić information content (AvgIpc) is 2.82. The lowest BCUT2D eigenvalue weighted by Gasteiger charge is -2.12. The maximum absolute atomic E-state index is 4.00. The second-order valence-corrected chi connectivity index (χ2v) is 4.78. The van der Waals surface area contributed by atoms with Crippen LogP contribution in [0.2, 0.25) is 0 Å². The van der Waals surface area contributed by atoms with Crippen LogP contribution in [-0.4, -0.2) is 4.57 Å². The summed E-state index contributed by atoms with van der Waals surface area (Å²) in [5, 5.41) is 0. The van der Waals surface area contributed by atoms with Gasteiger partial charge in [0.1, 0.15) is 0 Å². The highest BCUT2D eigenvalue weighted by Crippen LogP contribution is 2.31.